The van der Waals surface area contributed by atoms with E-state index in [4.69, 9.17) is 0 Å². The van der Waals surface area contributed by atoms with E-state index >= 15 is 0 Å². The molecule has 1 saturated carbocycles. The average molecular weight is 291 g/mol. The number of carbonyl (C=O) groups is 1. The van der Waals surface area contributed by atoms with Crippen LogP contribution < -0.4 is 5.32 Å². The van der Waals surface area contributed by atoms with Crippen molar-refractivity contribution < 1.29 is 4.79 Å². The molecular weight excluding hydrogens is 266 g/mol. The molecule has 110 valence electrons. The maximum Gasteiger partial charge on any atom is 0.233 e. The summed E-state index contributed by atoms with van der Waals surface area (Å²) in [4.78, 5) is 13.4. The highest BCUT2D eigenvalue weighted by molar-refractivity contribution is 8.00. The summed E-state index contributed by atoms with van der Waals surface area (Å²) in [6, 6.07) is 8.25. The first-order valence-corrected chi connectivity index (χ1v) is 8.55. The van der Waals surface area contributed by atoms with Gasteiger partial charge in [0.2, 0.25) is 5.91 Å². The number of benzene rings is 1. The van der Waals surface area contributed by atoms with Crippen LogP contribution in [0.15, 0.2) is 29.2 Å². The lowest BCUT2D eigenvalue weighted by Crippen LogP contribution is -2.35. The first-order valence-electron chi connectivity index (χ1n) is 7.67. The molecule has 0 radical (unpaired) electrons. The van der Waals surface area contributed by atoms with Gasteiger partial charge in [0.05, 0.1) is 5.25 Å². The quantitative estimate of drug-likeness (QED) is 0.825. The Labute approximate surface area is 126 Å². The molecule has 0 heterocycles. The van der Waals surface area contributed by atoms with Crippen LogP contribution in [0.3, 0.4) is 0 Å². The minimum absolute atomic E-state index is 0.0281. The van der Waals surface area contributed by atoms with Crippen LogP contribution in [0.4, 0.5) is 0 Å². The van der Waals surface area contributed by atoms with Gasteiger partial charge in [-0.25, -0.2) is 0 Å². The summed E-state index contributed by atoms with van der Waals surface area (Å²) < 4.78 is 0. The molecule has 2 nitrogen and oxygen atoms in total. The van der Waals surface area contributed by atoms with Gasteiger partial charge in [-0.2, -0.15) is 0 Å². The van der Waals surface area contributed by atoms with Gasteiger partial charge < -0.3 is 5.32 Å². The van der Waals surface area contributed by atoms with Crippen LogP contribution in [0, 0.1) is 12.8 Å². The van der Waals surface area contributed by atoms with Crippen LogP contribution in [-0.4, -0.2) is 17.7 Å². The molecular formula is C17H25NOS. The van der Waals surface area contributed by atoms with E-state index in [0.717, 1.165) is 6.54 Å². The zero-order valence-corrected chi connectivity index (χ0v) is 13.3. The predicted molar refractivity (Wildman–Crippen MR) is 86.1 cm³/mol. The Morgan fingerprint density at radius 3 is 2.70 bits per heavy atom. The minimum Gasteiger partial charge on any atom is -0.355 e. The molecule has 1 aliphatic carbocycles. The summed E-state index contributed by atoms with van der Waals surface area (Å²) in [6.07, 6.45) is 6.57. The average Bonchev–Trinajstić information content (AvgIpc) is 2.48. The third-order valence-corrected chi connectivity index (χ3v) is 5.34. The van der Waals surface area contributed by atoms with E-state index in [1.54, 1.807) is 11.8 Å². The highest BCUT2D eigenvalue weighted by Gasteiger charge is 2.18. The van der Waals surface area contributed by atoms with Crippen molar-refractivity contribution in [3.63, 3.8) is 0 Å². The number of hydrogen-bond acceptors (Lipinski definition) is 2. The van der Waals surface area contributed by atoms with Crippen LogP contribution in [-0.2, 0) is 4.79 Å². The first kappa shape index (κ1) is 15.4. The molecule has 1 aromatic rings. The smallest absolute Gasteiger partial charge is 0.233 e. The number of aryl methyl sites for hydroxylation is 1. The van der Waals surface area contributed by atoms with E-state index in [1.165, 1.54) is 42.6 Å². The van der Waals surface area contributed by atoms with Gasteiger partial charge in [-0.05, 0) is 44.2 Å². The number of thioether (sulfide) groups is 1. The van der Waals surface area contributed by atoms with Gasteiger partial charge in [-0.15, -0.1) is 11.8 Å². The molecule has 1 aromatic carbocycles. The fourth-order valence-corrected chi connectivity index (χ4v) is 3.69. The Kier molecular flexibility index (Phi) is 5.96. The zero-order valence-electron chi connectivity index (χ0n) is 12.5. The Balaban J connectivity index is 1.78. The molecule has 1 atom stereocenters. The van der Waals surface area contributed by atoms with Gasteiger partial charge in [0.15, 0.2) is 0 Å². The van der Waals surface area contributed by atoms with Crippen LogP contribution in [0.25, 0.3) is 0 Å². The topological polar surface area (TPSA) is 29.1 Å². The monoisotopic (exact) mass is 291 g/mol. The van der Waals surface area contributed by atoms with E-state index in [2.05, 4.69) is 24.4 Å². The third-order valence-electron chi connectivity index (χ3n) is 4.06. The van der Waals surface area contributed by atoms with E-state index in [1.807, 2.05) is 19.1 Å². The summed E-state index contributed by atoms with van der Waals surface area (Å²) in [5.41, 5.74) is 1.24. The van der Waals surface area contributed by atoms with Crippen LogP contribution in [0.1, 0.15) is 44.6 Å². The standard InChI is InChI=1S/C17H25NOS/c1-13-8-6-7-11-16(13)20-14(2)17(19)18-12-15-9-4-3-5-10-15/h6-8,11,14-15H,3-5,9-10,12H2,1-2H3,(H,18,19). The van der Waals surface area contributed by atoms with Gasteiger partial charge in [0.25, 0.3) is 0 Å². The summed E-state index contributed by atoms with van der Waals surface area (Å²) in [5.74, 6) is 0.868. The van der Waals surface area contributed by atoms with Gasteiger partial charge in [-0.1, -0.05) is 37.5 Å². The Morgan fingerprint density at radius 2 is 2.00 bits per heavy atom. The molecule has 1 fully saturated rings. The minimum atomic E-state index is -0.0281. The molecule has 3 heteroatoms. The molecule has 2 rings (SSSR count). The van der Waals surface area contributed by atoms with Crippen molar-refractivity contribution in [1.29, 1.82) is 0 Å². The van der Waals surface area contributed by atoms with Gasteiger partial charge >= 0.3 is 0 Å². The first-order chi connectivity index (χ1) is 9.66. The predicted octanol–water partition coefficient (Wildman–Crippen LogP) is 4.17. The van der Waals surface area contributed by atoms with Gasteiger partial charge in [0.1, 0.15) is 0 Å². The van der Waals surface area contributed by atoms with Crippen molar-refractivity contribution in [1.82, 2.24) is 5.32 Å². The molecule has 0 bridgehead atoms. The molecule has 1 aliphatic rings. The van der Waals surface area contributed by atoms with Crippen molar-refractivity contribution in [3.05, 3.63) is 29.8 Å². The highest BCUT2D eigenvalue weighted by Crippen LogP contribution is 2.27. The van der Waals surface area contributed by atoms with Crippen LogP contribution >= 0.6 is 11.8 Å². The molecule has 1 N–H and O–H groups in total. The summed E-state index contributed by atoms with van der Waals surface area (Å²) in [6.45, 7) is 4.94. The number of hydrogen-bond donors (Lipinski definition) is 1. The van der Waals surface area contributed by atoms with Crippen molar-refractivity contribution in [2.24, 2.45) is 5.92 Å². The van der Waals surface area contributed by atoms with Gasteiger partial charge in [0, 0.05) is 11.4 Å². The van der Waals surface area contributed by atoms with Crippen molar-refractivity contribution in [2.75, 3.05) is 6.54 Å². The molecule has 0 saturated heterocycles. The fourth-order valence-electron chi connectivity index (χ4n) is 2.71. The lowest BCUT2D eigenvalue weighted by atomic mass is 9.89. The number of rotatable bonds is 5. The summed E-state index contributed by atoms with van der Waals surface area (Å²) in [7, 11) is 0. The number of carbonyl (C=O) groups excluding carboxylic acids is 1. The van der Waals surface area contributed by atoms with Crippen molar-refractivity contribution in [2.45, 2.75) is 56.1 Å². The molecule has 1 unspecified atom stereocenters. The lowest BCUT2D eigenvalue weighted by molar-refractivity contribution is -0.120. The lowest BCUT2D eigenvalue weighted by Gasteiger charge is -2.22. The Bertz CT molecular complexity index is 440. The summed E-state index contributed by atoms with van der Waals surface area (Å²) in [5, 5.41) is 3.10. The van der Waals surface area contributed by atoms with E-state index in [0.29, 0.717) is 5.92 Å². The second-order valence-electron chi connectivity index (χ2n) is 5.77. The highest BCUT2D eigenvalue weighted by atomic mass is 32.2. The van der Waals surface area contributed by atoms with E-state index in [9.17, 15) is 4.79 Å². The Morgan fingerprint density at radius 1 is 1.30 bits per heavy atom. The largest absolute Gasteiger partial charge is 0.355 e. The number of nitrogens with one attached hydrogen (secondary N) is 1. The van der Waals surface area contributed by atoms with Crippen LogP contribution in [0.5, 0.6) is 0 Å². The normalized spacial score (nSPS) is 17.7. The SMILES string of the molecule is Cc1ccccc1SC(C)C(=O)NCC1CCCCC1. The van der Waals surface area contributed by atoms with Gasteiger partial charge in [-0.3, -0.25) is 4.79 Å². The second kappa shape index (κ2) is 7.72. The Hall–Kier alpha value is -0.960. The molecule has 1 amide bonds. The molecule has 0 aromatic heterocycles. The van der Waals surface area contributed by atoms with E-state index < -0.39 is 0 Å². The molecule has 0 spiro atoms. The third kappa shape index (κ3) is 4.55. The number of amides is 1. The molecule has 0 aliphatic heterocycles. The summed E-state index contributed by atoms with van der Waals surface area (Å²) >= 11 is 1.65. The van der Waals surface area contributed by atoms with Crippen LogP contribution in [0.2, 0.25) is 0 Å². The van der Waals surface area contributed by atoms with Crippen molar-refractivity contribution in [3.8, 4) is 0 Å². The fraction of sp³-hybridized carbons (Fsp3) is 0.588. The maximum atomic E-state index is 12.2. The molecule has 20 heavy (non-hydrogen) atoms. The zero-order chi connectivity index (χ0) is 14.4. The van der Waals surface area contributed by atoms with Crippen molar-refractivity contribution >= 4 is 17.7 Å². The van der Waals surface area contributed by atoms with E-state index in [-0.39, 0.29) is 11.2 Å². The maximum absolute atomic E-state index is 12.2. The second-order valence-corrected chi connectivity index (χ2v) is 7.16.